The van der Waals surface area contributed by atoms with Crippen LogP contribution in [0.1, 0.15) is 11.1 Å². The second-order valence-corrected chi connectivity index (χ2v) is 5.69. The van der Waals surface area contributed by atoms with Gasteiger partial charge in [0.15, 0.2) is 0 Å². The summed E-state index contributed by atoms with van der Waals surface area (Å²) >= 11 is 1.31. The van der Waals surface area contributed by atoms with Gasteiger partial charge >= 0.3 is 6.18 Å². The SMILES string of the molecule is O=c1c2ccccc2sn1Cc1ccc(C(F)(F)F)cc1. The average molecular weight is 309 g/mol. The maximum Gasteiger partial charge on any atom is 0.416 e. The standard InChI is InChI=1S/C15H10F3NOS/c16-15(17,18)11-7-5-10(6-8-11)9-19-14(20)12-3-1-2-4-13(12)21-19/h1-8H,9H2. The molecule has 2 nitrogen and oxygen atoms in total. The highest BCUT2D eigenvalue weighted by atomic mass is 32.1. The van der Waals surface area contributed by atoms with Gasteiger partial charge in [-0.05, 0) is 29.8 Å². The highest BCUT2D eigenvalue weighted by molar-refractivity contribution is 7.13. The number of hydrogen-bond acceptors (Lipinski definition) is 2. The van der Waals surface area contributed by atoms with Crippen LogP contribution in [-0.2, 0) is 12.7 Å². The Kier molecular flexibility index (Phi) is 3.33. The predicted octanol–water partition coefficient (Wildman–Crippen LogP) is 4.13. The largest absolute Gasteiger partial charge is 0.416 e. The van der Waals surface area contributed by atoms with Crippen LogP contribution in [0.25, 0.3) is 10.1 Å². The van der Waals surface area contributed by atoms with Crippen molar-refractivity contribution >= 4 is 21.6 Å². The Morgan fingerprint density at radius 3 is 2.29 bits per heavy atom. The summed E-state index contributed by atoms with van der Waals surface area (Å²) in [5.74, 6) is 0. The Bertz CT molecular complexity index is 830. The van der Waals surface area contributed by atoms with E-state index >= 15 is 0 Å². The van der Waals surface area contributed by atoms with Crippen molar-refractivity contribution in [2.45, 2.75) is 12.7 Å². The molecule has 0 saturated heterocycles. The molecule has 0 N–H and O–H groups in total. The first-order chi connectivity index (χ1) is 9.95. The monoisotopic (exact) mass is 309 g/mol. The van der Waals surface area contributed by atoms with E-state index in [9.17, 15) is 18.0 Å². The second-order valence-electron chi connectivity index (χ2n) is 4.62. The van der Waals surface area contributed by atoms with Crippen molar-refractivity contribution in [2.75, 3.05) is 0 Å². The van der Waals surface area contributed by atoms with Gasteiger partial charge < -0.3 is 0 Å². The summed E-state index contributed by atoms with van der Waals surface area (Å²) in [4.78, 5) is 12.2. The average Bonchev–Trinajstić information content (AvgIpc) is 2.76. The summed E-state index contributed by atoms with van der Waals surface area (Å²) < 4.78 is 39.9. The van der Waals surface area contributed by atoms with E-state index in [-0.39, 0.29) is 12.1 Å². The minimum Gasteiger partial charge on any atom is -0.268 e. The van der Waals surface area contributed by atoms with Crippen LogP contribution in [0.2, 0.25) is 0 Å². The van der Waals surface area contributed by atoms with Crippen molar-refractivity contribution in [1.82, 2.24) is 3.96 Å². The fraction of sp³-hybridized carbons (Fsp3) is 0.133. The van der Waals surface area contributed by atoms with Crippen molar-refractivity contribution in [3.05, 3.63) is 70.0 Å². The van der Waals surface area contributed by atoms with Gasteiger partial charge in [0.2, 0.25) is 0 Å². The maximum absolute atomic E-state index is 12.5. The quantitative estimate of drug-likeness (QED) is 0.697. The zero-order chi connectivity index (χ0) is 15.0. The van der Waals surface area contributed by atoms with Gasteiger partial charge in [-0.15, -0.1) is 0 Å². The van der Waals surface area contributed by atoms with Gasteiger partial charge in [-0.25, -0.2) is 0 Å². The molecule has 6 heteroatoms. The fourth-order valence-corrected chi connectivity index (χ4v) is 3.11. The summed E-state index contributed by atoms with van der Waals surface area (Å²) in [6, 6.07) is 12.1. The number of benzene rings is 2. The molecule has 3 aromatic rings. The summed E-state index contributed by atoms with van der Waals surface area (Å²) in [6.45, 7) is 0.274. The minimum absolute atomic E-state index is 0.115. The number of alkyl halides is 3. The third kappa shape index (κ3) is 2.71. The number of hydrogen-bond donors (Lipinski definition) is 0. The third-order valence-electron chi connectivity index (χ3n) is 3.16. The van der Waals surface area contributed by atoms with Crippen LogP contribution in [-0.4, -0.2) is 3.96 Å². The van der Waals surface area contributed by atoms with Gasteiger partial charge in [-0.1, -0.05) is 35.8 Å². The van der Waals surface area contributed by atoms with Gasteiger partial charge in [-0.3, -0.25) is 8.75 Å². The van der Waals surface area contributed by atoms with E-state index in [1.165, 1.54) is 23.7 Å². The summed E-state index contributed by atoms with van der Waals surface area (Å²) in [7, 11) is 0. The molecule has 0 amide bonds. The molecule has 0 aliphatic carbocycles. The van der Waals surface area contributed by atoms with Crippen molar-refractivity contribution in [1.29, 1.82) is 0 Å². The first kappa shape index (κ1) is 13.9. The molecule has 0 unspecified atom stereocenters. The maximum atomic E-state index is 12.5. The van der Waals surface area contributed by atoms with Gasteiger partial charge in [0.25, 0.3) is 5.56 Å². The number of fused-ring (bicyclic) bond motifs is 1. The first-order valence-corrected chi connectivity index (χ1v) is 6.97. The highest BCUT2D eigenvalue weighted by Gasteiger charge is 2.29. The van der Waals surface area contributed by atoms with Gasteiger partial charge in [-0.2, -0.15) is 13.2 Å². The van der Waals surface area contributed by atoms with Gasteiger partial charge in [0, 0.05) is 0 Å². The van der Waals surface area contributed by atoms with Crippen LogP contribution < -0.4 is 5.56 Å². The van der Waals surface area contributed by atoms with Gasteiger partial charge in [0.1, 0.15) is 0 Å². The zero-order valence-corrected chi connectivity index (χ0v) is 11.5. The Morgan fingerprint density at radius 1 is 1.00 bits per heavy atom. The topological polar surface area (TPSA) is 22.0 Å². The van der Waals surface area contributed by atoms with Crippen LogP contribution in [0.15, 0.2) is 53.3 Å². The van der Waals surface area contributed by atoms with Crippen molar-refractivity contribution in [3.8, 4) is 0 Å². The Balaban J connectivity index is 1.92. The first-order valence-electron chi connectivity index (χ1n) is 6.20. The molecule has 0 aliphatic heterocycles. The van der Waals surface area contributed by atoms with Gasteiger partial charge in [0.05, 0.1) is 22.2 Å². The van der Waals surface area contributed by atoms with Crippen LogP contribution in [0.3, 0.4) is 0 Å². The molecule has 0 saturated carbocycles. The molecule has 1 heterocycles. The smallest absolute Gasteiger partial charge is 0.268 e. The lowest BCUT2D eigenvalue weighted by Gasteiger charge is -2.07. The van der Waals surface area contributed by atoms with Crippen LogP contribution in [0, 0.1) is 0 Å². The summed E-state index contributed by atoms with van der Waals surface area (Å²) in [5.41, 5.74) is -0.137. The van der Waals surface area contributed by atoms with Crippen LogP contribution in [0.5, 0.6) is 0 Å². The summed E-state index contributed by atoms with van der Waals surface area (Å²) in [5, 5.41) is 0.634. The Hall–Kier alpha value is -2.08. The molecule has 0 radical (unpaired) electrons. The minimum atomic E-state index is -4.34. The molecule has 108 valence electrons. The molecule has 0 aliphatic rings. The Labute approximate surface area is 122 Å². The highest BCUT2D eigenvalue weighted by Crippen LogP contribution is 2.29. The molecule has 0 atom stereocenters. The molecule has 2 aromatic carbocycles. The second kappa shape index (κ2) is 5.04. The number of aromatic nitrogens is 1. The van der Waals surface area contributed by atoms with Crippen molar-refractivity contribution in [3.63, 3.8) is 0 Å². The van der Waals surface area contributed by atoms with Crippen LogP contribution >= 0.6 is 11.5 Å². The van der Waals surface area contributed by atoms with E-state index in [2.05, 4.69) is 0 Å². The van der Waals surface area contributed by atoms with E-state index in [0.29, 0.717) is 10.9 Å². The van der Waals surface area contributed by atoms with Crippen molar-refractivity contribution < 1.29 is 13.2 Å². The van der Waals surface area contributed by atoms with E-state index in [0.717, 1.165) is 16.8 Å². The lowest BCUT2D eigenvalue weighted by atomic mass is 10.1. The third-order valence-corrected chi connectivity index (χ3v) is 4.23. The number of nitrogens with zero attached hydrogens (tertiary/aromatic N) is 1. The molecule has 21 heavy (non-hydrogen) atoms. The number of halogens is 3. The molecule has 0 bridgehead atoms. The van der Waals surface area contributed by atoms with E-state index in [1.807, 2.05) is 12.1 Å². The fourth-order valence-electron chi connectivity index (χ4n) is 2.09. The lowest BCUT2D eigenvalue weighted by molar-refractivity contribution is -0.137. The Morgan fingerprint density at radius 2 is 1.67 bits per heavy atom. The summed E-state index contributed by atoms with van der Waals surface area (Å²) in [6.07, 6.45) is -4.34. The van der Waals surface area contributed by atoms with E-state index in [1.54, 1.807) is 16.1 Å². The molecular formula is C15H10F3NOS. The predicted molar refractivity (Wildman–Crippen MR) is 76.6 cm³/mol. The van der Waals surface area contributed by atoms with Crippen molar-refractivity contribution in [2.24, 2.45) is 0 Å². The molecule has 1 aromatic heterocycles. The zero-order valence-electron chi connectivity index (χ0n) is 10.7. The van der Waals surface area contributed by atoms with Crippen LogP contribution in [0.4, 0.5) is 13.2 Å². The molecule has 0 fully saturated rings. The lowest BCUT2D eigenvalue weighted by Crippen LogP contribution is -2.13. The molecule has 0 spiro atoms. The van der Waals surface area contributed by atoms with E-state index in [4.69, 9.17) is 0 Å². The normalized spacial score (nSPS) is 12.0. The number of rotatable bonds is 2. The molecular weight excluding hydrogens is 299 g/mol. The molecule has 3 rings (SSSR count). The van der Waals surface area contributed by atoms with E-state index < -0.39 is 11.7 Å².